The number of aromatic nitrogens is 1. The minimum atomic E-state index is -0.0286. The van der Waals surface area contributed by atoms with Crippen LogP contribution < -0.4 is 10.1 Å². The smallest absolute Gasteiger partial charge is 0.224 e. The molecule has 0 atom stereocenters. The Morgan fingerprint density at radius 1 is 1.06 bits per heavy atom. The van der Waals surface area contributed by atoms with Gasteiger partial charge in [-0.2, -0.15) is 0 Å². The number of carbonyl (C=O) groups excluding carboxylic acids is 1. The average Bonchev–Trinajstić information content (AvgIpc) is 3.17. The number of amides is 1. The van der Waals surface area contributed by atoms with Crippen LogP contribution in [0.2, 0.25) is 5.02 Å². The van der Waals surface area contributed by atoms with Crippen LogP contribution in [0.1, 0.15) is 24.0 Å². The summed E-state index contributed by atoms with van der Waals surface area (Å²) >= 11 is 7.70. The van der Waals surface area contributed by atoms with E-state index in [1.165, 1.54) is 10.3 Å². The Balaban J connectivity index is 1.28. The molecule has 0 unspecified atom stereocenters. The van der Waals surface area contributed by atoms with E-state index in [1.807, 2.05) is 49.4 Å². The molecule has 1 heterocycles. The maximum atomic E-state index is 12.2. The third kappa shape index (κ3) is 5.43. The van der Waals surface area contributed by atoms with E-state index in [4.69, 9.17) is 21.3 Å². The van der Waals surface area contributed by atoms with Crippen molar-refractivity contribution >= 4 is 44.7 Å². The largest absolute Gasteiger partial charge is 0.494 e. The number of aryl methyl sites for hydroxylation is 2. The lowest BCUT2D eigenvalue weighted by atomic mass is 10.2. The standard InChI is InChI=1S/C25H23ClN2O2S/c1-16-5-12-22-23(14-16)31-25(28-22)18-6-8-19(9-7-18)27-24(29)4-3-13-30-20-10-11-21(26)17(2)15-20/h5-12,14-15H,3-4,13H2,1-2H3,(H,27,29). The Kier molecular flexibility index (Phi) is 6.54. The van der Waals surface area contributed by atoms with E-state index < -0.39 is 0 Å². The first-order valence-electron chi connectivity index (χ1n) is 10.1. The van der Waals surface area contributed by atoms with Crippen LogP contribution in [0, 0.1) is 13.8 Å². The Morgan fingerprint density at radius 3 is 2.65 bits per heavy atom. The van der Waals surface area contributed by atoms with Gasteiger partial charge in [0, 0.05) is 22.7 Å². The summed E-state index contributed by atoms with van der Waals surface area (Å²) in [6.45, 7) is 4.50. The van der Waals surface area contributed by atoms with Crippen LogP contribution in [0.3, 0.4) is 0 Å². The Morgan fingerprint density at radius 2 is 1.87 bits per heavy atom. The second-order valence-electron chi connectivity index (χ2n) is 7.48. The molecule has 158 valence electrons. The van der Waals surface area contributed by atoms with Gasteiger partial charge in [-0.3, -0.25) is 4.79 Å². The maximum absolute atomic E-state index is 12.2. The number of halogens is 1. The number of ether oxygens (including phenoxy) is 1. The Hall–Kier alpha value is -2.89. The zero-order valence-electron chi connectivity index (χ0n) is 17.4. The van der Waals surface area contributed by atoms with Gasteiger partial charge in [0.2, 0.25) is 5.91 Å². The summed E-state index contributed by atoms with van der Waals surface area (Å²) in [5.41, 5.74) is 5.04. The molecule has 0 bridgehead atoms. The first-order chi connectivity index (χ1) is 15.0. The van der Waals surface area contributed by atoms with Crippen molar-refractivity contribution in [3.05, 3.63) is 76.8 Å². The van der Waals surface area contributed by atoms with Crippen LogP contribution in [-0.4, -0.2) is 17.5 Å². The number of hydrogen-bond donors (Lipinski definition) is 1. The molecule has 3 aromatic carbocycles. The summed E-state index contributed by atoms with van der Waals surface area (Å²) < 4.78 is 6.88. The molecule has 4 nitrogen and oxygen atoms in total. The van der Waals surface area contributed by atoms with Gasteiger partial charge in [0.25, 0.3) is 0 Å². The van der Waals surface area contributed by atoms with Crippen molar-refractivity contribution < 1.29 is 9.53 Å². The molecule has 0 aliphatic heterocycles. The predicted molar refractivity (Wildman–Crippen MR) is 129 cm³/mol. The number of nitrogens with one attached hydrogen (secondary N) is 1. The summed E-state index contributed by atoms with van der Waals surface area (Å²) in [4.78, 5) is 16.9. The van der Waals surface area contributed by atoms with E-state index >= 15 is 0 Å². The number of hydrogen-bond acceptors (Lipinski definition) is 4. The van der Waals surface area contributed by atoms with E-state index in [0.29, 0.717) is 19.4 Å². The van der Waals surface area contributed by atoms with Gasteiger partial charge in [0.05, 0.1) is 16.8 Å². The van der Waals surface area contributed by atoms with Gasteiger partial charge in [-0.15, -0.1) is 11.3 Å². The van der Waals surface area contributed by atoms with Crippen LogP contribution in [0.5, 0.6) is 5.75 Å². The summed E-state index contributed by atoms with van der Waals surface area (Å²) in [5.74, 6) is 0.738. The lowest BCUT2D eigenvalue weighted by Gasteiger charge is -2.08. The number of carbonyl (C=O) groups is 1. The number of benzene rings is 3. The average molecular weight is 451 g/mol. The van der Waals surface area contributed by atoms with Gasteiger partial charge in [-0.05, 0) is 86.0 Å². The molecule has 4 aromatic rings. The molecular weight excluding hydrogens is 428 g/mol. The third-order valence-electron chi connectivity index (χ3n) is 4.91. The number of nitrogens with zero attached hydrogens (tertiary/aromatic N) is 1. The summed E-state index contributed by atoms with van der Waals surface area (Å²) in [5, 5.41) is 4.64. The van der Waals surface area contributed by atoms with E-state index in [2.05, 4.69) is 30.4 Å². The first kappa shape index (κ1) is 21.3. The topological polar surface area (TPSA) is 51.2 Å². The first-order valence-corrected chi connectivity index (χ1v) is 11.3. The highest BCUT2D eigenvalue weighted by molar-refractivity contribution is 7.21. The lowest BCUT2D eigenvalue weighted by Crippen LogP contribution is -2.12. The predicted octanol–water partition coefficient (Wildman–Crippen LogP) is 7.03. The summed E-state index contributed by atoms with van der Waals surface area (Å²) in [6, 6.07) is 19.7. The maximum Gasteiger partial charge on any atom is 0.224 e. The highest BCUT2D eigenvalue weighted by Crippen LogP contribution is 2.31. The van der Waals surface area contributed by atoms with Crippen molar-refractivity contribution in [3.8, 4) is 16.3 Å². The molecule has 0 aliphatic rings. The van der Waals surface area contributed by atoms with Gasteiger partial charge >= 0.3 is 0 Å². The van der Waals surface area contributed by atoms with Gasteiger partial charge in [0.15, 0.2) is 0 Å². The highest BCUT2D eigenvalue weighted by Gasteiger charge is 2.08. The van der Waals surface area contributed by atoms with Gasteiger partial charge < -0.3 is 10.1 Å². The highest BCUT2D eigenvalue weighted by atomic mass is 35.5. The number of thiazole rings is 1. The number of rotatable bonds is 7. The van der Waals surface area contributed by atoms with Crippen LogP contribution in [-0.2, 0) is 4.79 Å². The second-order valence-corrected chi connectivity index (χ2v) is 8.92. The summed E-state index contributed by atoms with van der Waals surface area (Å²) in [7, 11) is 0. The molecule has 6 heteroatoms. The molecule has 31 heavy (non-hydrogen) atoms. The molecule has 1 amide bonds. The Labute approximate surface area is 190 Å². The molecule has 4 rings (SSSR count). The van der Waals surface area contributed by atoms with Gasteiger partial charge in [-0.25, -0.2) is 4.98 Å². The fourth-order valence-electron chi connectivity index (χ4n) is 3.20. The molecule has 0 fully saturated rings. The van der Waals surface area contributed by atoms with Crippen molar-refractivity contribution in [1.29, 1.82) is 0 Å². The van der Waals surface area contributed by atoms with Gasteiger partial charge in [-0.1, -0.05) is 17.7 Å². The zero-order chi connectivity index (χ0) is 21.8. The molecule has 0 saturated carbocycles. The van der Waals surface area contributed by atoms with Crippen molar-refractivity contribution in [1.82, 2.24) is 4.98 Å². The normalized spacial score (nSPS) is 10.9. The van der Waals surface area contributed by atoms with Crippen LogP contribution in [0.15, 0.2) is 60.7 Å². The monoisotopic (exact) mass is 450 g/mol. The quantitative estimate of drug-likeness (QED) is 0.307. The number of anilines is 1. The lowest BCUT2D eigenvalue weighted by molar-refractivity contribution is -0.116. The minimum Gasteiger partial charge on any atom is -0.494 e. The Bertz CT molecular complexity index is 1220. The van der Waals surface area contributed by atoms with E-state index in [1.54, 1.807) is 11.3 Å². The minimum absolute atomic E-state index is 0.0286. The third-order valence-corrected chi connectivity index (χ3v) is 6.40. The van der Waals surface area contributed by atoms with Crippen molar-refractivity contribution in [2.24, 2.45) is 0 Å². The van der Waals surface area contributed by atoms with Crippen molar-refractivity contribution in [2.45, 2.75) is 26.7 Å². The van der Waals surface area contributed by atoms with Crippen molar-refractivity contribution in [3.63, 3.8) is 0 Å². The molecular formula is C25H23ClN2O2S. The molecule has 1 aromatic heterocycles. The zero-order valence-corrected chi connectivity index (χ0v) is 19.0. The van der Waals surface area contributed by atoms with E-state index in [9.17, 15) is 4.79 Å². The molecule has 0 aliphatic carbocycles. The fourth-order valence-corrected chi connectivity index (χ4v) is 4.39. The SMILES string of the molecule is Cc1ccc2nc(-c3ccc(NC(=O)CCCOc4ccc(Cl)c(C)c4)cc3)sc2c1. The van der Waals surface area contributed by atoms with Crippen LogP contribution >= 0.6 is 22.9 Å². The molecule has 0 radical (unpaired) electrons. The van der Waals surface area contributed by atoms with E-state index in [-0.39, 0.29) is 5.91 Å². The number of fused-ring (bicyclic) bond motifs is 1. The molecule has 0 saturated heterocycles. The molecule has 1 N–H and O–H groups in total. The van der Waals surface area contributed by atoms with Gasteiger partial charge in [0.1, 0.15) is 10.8 Å². The van der Waals surface area contributed by atoms with Crippen LogP contribution in [0.25, 0.3) is 20.8 Å². The fraction of sp³-hybridized carbons (Fsp3) is 0.200. The molecule has 0 spiro atoms. The van der Waals surface area contributed by atoms with Crippen molar-refractivity contribution in [2.75, 3.05) is 11.9 Å². The second kappa shape index (κ2) is 9.50. The summed E-state index contributed by atoms with van der Waals surface area (Å²) in [6.07, 6.45) is 1.03. The van der Waals surface area contributed by atoms with Crippen LogP contribution in [0.4, 0.5) is 5.69 Å². The van der Waals surface area contributed by atoms with E-state index in [0.717, 1.165) is 38.1 Å².